The Bertz CT molecular complexity index is 1870. The summed E-state index contributed by atoms with van der Waals surface area (Å²) in [5.74, 6) is 3.28. The predicted octanol–water partition coefficient (Wildman–Crippen LogP) is 7.29. The number of hydrogen-bond donors (Lipinski definition) is 6. The fourth-order valence-corrected chi connectivity index (χ4v) is 10.4. The van der Waals surface area contributed by atoms with Gasteiger partial charge in [0.1, 0.15) is 29.5 Å². The Morgan fingerprint density at radius 3 is 2.45 bits per heavy atom. The molecule has 298 valence electrons. The molecule has 1 heterocycles. The van der Waals surface area contributed by atoms with Gasteiger partial charge in [-0.3, -0.25) is 4.99 Å². The van der Waals surface area contributed by atoms with Crippen molar-refractivity contribution < 1.29 is 34.6 Å². The van der Waals surface area contributed by atoms with E-state index in [0.717, 1.165) is 97.8 Å². The van der Waals surface area contributed by atoms with Crippen LogP contribution in [0.1, 0.15) is 112 Å². The van der Waals surface area contributed by atoms with E-state index in [1.807, 2.05) is 12.1 Å². The molecule has 3 aromatic rings. The summed E-state index contributed by atoms with van der Waals surface area (Å²) in [5.41, 5.74) is 18.5. The number of aliphatic imine (C=N–C) groups is 1. The topological polar surface area (TPSA) is 173 Å². The molecular formula is C45H61N3O7. The van der Waals surface area contributed by atoms with Crippen LogP contribution in [0.2, 0.25) is 0 Å². The maximum absolute atomic E-state index is 11.9. The second-order valence-corrected chi connectivity index (χ2v) is 17.1. The van der Waals surface area contributed by atoms with E-state index in [4.69, 9.17) is 25.7 Å². The van der Waals surface area contributed by atoms with E-state index in [9.17, 15) is 20.4 Å². The summed E-state index contributed by atoms with van der Waals surface area (Å²) in [6, 6.07) is 11.3. The zero-order valence-corrected chi connectivity index (χ0v) is 33.0. The third-order valence-electron chi connectivity index (χ3n) is 12.9. The quantitative estimate of drug-likeness (QED) is 0.0595. The van der Waals surface area contributed by atoms with Crippen molar-refractivity contribution in [3.63, 3.8) is 0 Å². The first-order valence-electron chi connectivity index (χ1n) is 20.6. The van der Waals surface area contributed by atoms with Gasteiger partial charge in [0.25, 0.3) is 0 Å². The molecule has 0 amide bonds. The second kappa shape index (κ2) is 16.5. The average molecular weight is 756 g/mol. The molecule has 3 aliphatic carbocycles. The monoisotopic (exact) mass is 755 g/mol. The Hall–Kier alpha value is -4.15. The van der Waals surface area contributed by atoms with Crippen molar-refractivity contribution in [3.05, 3.63) is 64.2 Å². The van der Waals surface area contributed by atoms with E-state index in [1.54, 1.807) is 25.3 Å². The van der Waals surface area contributed by atoms with Crippen molar-refractivity contribution >= 4 is 5.96 Å². The van der Waals surface area contributed by atoms with Crippen LogP contribution >= 0.6 is 0 Å². The minimum absolute atomic E-state index is 0.0200. The SMILES string of the molecule is CCCCCC1Cc2cc(O)c(CC(C)C)cc2-c2c(OC)cc3c(c21)CC(O)C(c1ccc(O)c(OC2C4CCC(CO)C2C(CN=C(N)N)CC4)c1)O3. The first-order valence-corrected chi connectivity index (χ1v) is 20.6. The van der Waals surface area contributed by atoms with Crippen LogP contribution in [-0.4, -0.2) is 58.9 Å². The molecule has 0 aromatic heterocycles. The Morgan fingerprint density at radius 2 is 1.75 bits per heavy atom. The van der Waals surface area contributed by atoms with Gasteiger partial charge in [-0.1, -0.05) is 46.1 Å². The Kier molecular flexibility index (Phi) is 11.7. The number of methoxy groups -OCH3 is 1. The summed E-state index contributed by atoms with van der Waals surface area (Å²) in [5, 5.41) is 44.5. The van der Waals surface area contributed by atoms with E-state index >= 15 is 0 Å². The number of nitrogens with zero attached hydrogens (tertiary/aromatic N) is 1. The van der Waals surface area contributed by atoms with Gasteiger partial charge in [-0.25, -0.2) is 0 Å². The van der Waals surface area contributed by atoms with E-state index < -0.39 is 12.2 Å². The molecule has 8 unspecified atom stereocenters. The molecule has 10 nitrogen and oxygen atoms in total. The van der Waals surface area contributed by atoms with Gasteiger partial charge < -0.3 is 46.1 Å². The number of aliphatic hydroxyl groups is 2. The number of phenolic OH excluding ortho intramolecular Hbond substituents is 2. The van der Waals surface area contributed by atoms with Gasteiger partial charge in [0.2, 0.25) is 0 Å². The maximum atomic E-state index is 11.9. The molecule has 10 heteroatoms. The number of fused-ring (bicyclic) bond motifs is 7. The minimum Gasteiger partial charge on any atom is -0.508 e. The second-order valence-electron chi connectivity index (χ2n) is 17.1. The molecule has 2 bridgehead atoms. The van der Waals surface area contributed by atoms with Gasteiger partial charge in [0.05, 0.1) is 13.2 Å². The van der Waals surface area contributed by atoms with Crippen LogP contribution in [0, 0.1) is 29.6 Å². The highest BCUT2D eigenvalue weighted by Crippen LogP contribution is 2.54. The molecule has 3 aromatic carbocycles. The number of guanidine groups is 1. The van der Waals surface area contributed by atoms with Crippen molar-refractivity contribution in [1.82, 2.24) is 0 Å². The van der Waals surface area contributed by atoms with Gasteiger partial charge in [0, 0.05) is 42.7 Å². The third kappa shape index (κ3) is 7.82. The fraction of sp³-hybridized carbons (Fsp3) is 0.578. The fourth-order valence-electron chi connectivity index (χ4n) is 10.4. The number of ether oxygens (including phenoxy) is 3. The number of aliphatic hydroxyl groups excluding tert-OH is 2. The molecule has 55 heavy (non-hydrogen) atoms. The molecule has 2 fully saturated rings. The molecule has 4 aliphatic rings. The zero-order chi connectivity index (χ0) is 39.0. The highest BCUT2D eigenvalue weighted by atomic mass is 16.5. The van der Waals surface area contributed by atoms with E-state index in [-0.39, 0.29) is 54.0 Å². The molecule has 8 atom stereocenters. The summed E-state index contributed by atoms with van der Waals surface area (Å²) in [6.07, 6.45) is 8.29. The third-order valence-corrected chi connectivity index (χ3v) is 12.9. The number of unbranched alkanes of at least 4 members (excludes halogenated alkanes) is 2. The smallest absolute Gasteiger partial charge is 0.185 e. The normalized spacial score (nSPS) is 26.7. The van der Waals surface area contributed by atoms with Gasteiger partial charge in [0.15, 0.2) is 17.5 Å². The summed E-state index contributed by atoms with van der Waals surface area (Å²) in [7, 11) is 1.69. The summed E-state index contributed by atoms with van der Waals surface area (Å²) in [4.78, 5) is 4.34. The van der Waals surface area contributed by atoms with Gasteiger partial charge in [-0.2, -0.15) is 0 Å². The van der Waals surface area contributed by atoms with Gasteiger partial charge in [-0.05, 0) is 127 Å². The van der Waals surface area contributed by atoms with Crippen molar-refractivity contribution in [2.45, 2.75) is 116 Å². The number of phenols is 2. The lowest BCUT2D eigenvalue weighted by molar-refractivity contribution is -0.0712. The van der Waals surface area contributed by atoms with Crippen molar-refractivity contribution in [2.75, 3.05) is 20.3 Å². The van der Waals surface area contributed by atoms with Crippen molar-refractivity contribution in [2.24, 2.45) is 46.0 Å². The lowest BCUT2D eigenvalue weighted by atomic mass is 9.60. The Labute approximate surface area is 325 Å². The van der Waals surface area contributed by atoms with E-state index in [2.05, 4.69) is 31.8 Å². The number of nitrogens with two attached hydrogens (primary N) is 2. The summed E-state index contributed by atoms with van der Waals surface area (Å²) < 4.78 is 19.7. The van der Waals surface area contributed by atoms with Crippen LogP contribution in [0.5, 0.6) is 28.7 Å². The van der Waals surface area contributed by atoms with Gasteiger partial charge in [-0.15, -0.1) is 0 Å². The van der Waals surface area contributed by atoms with Gasteiger partial charge >= 0.3 is 0 Å². The predicted molar refractivity (Wildman–Crippen MR) is 215 cm³/mol. The first-order chi connectivity index (χ1) is 26.5. The molecule has 0 radical (unpaired) electrons. The molecule has 0 spiro atoms. The largest absolute Gasteiger partial charge is 0.508 e. The average Bonchev–Trinajstić information content (AvgIpc) is 3.15. The molecule has 7 rings (SSSR count). The van der Waals surface area contributed by atoms with Crippen LogP contribution in [0.4, 0.5) is 0 Å². The first kappa shape index (κ1) is 39.1. The number of hydrogen-bond acceptors (Lipinski definition) is 8. The van der Waals surface area contributed by atoms with Crippen LogP contribution in [0.15, 0.2) is 41.4 Å². The number of aromatic hydroxyl groups is 2. The maximum Gasteiger partial charge on any atom is 0.185 e. The molecule has 1 aliphatic heterocycles. The highest BCUT2D eigenvalue weighted by Gasteiger charge is 2.48. The molecule has 2 saturated carbocycles. The lowest BCUT2D eigenvalue weighted by Crippen LogP contribution is -2.51. The minimum atomic E-state index is -0.854. The van der Waals surface area contributed by atoms with Crippen LogP contribution in [-0.2, 0) is 19.3 Å². The zero-order valence-electron chi connectivity index (χ0n) is 33.0. The van der Waals surface area contributed by atoms with Crippen molar-refractivity contribution in [1.29, 1.82) is 0 Å². The van der Waals surface area contributed by atoms with E-state index in [1.165, 1.54) is 5.56 Å². The summed E-state index contributed by atoms with van der Waals surface area (Å²) >= 11 is 0. The lowest BCUT2D eigenvalue weighted by Gasteiger charge is -2.49. The molecule has 8 N–H and O–H groups in total. The highest BCUT2D eigenvalue weighted by molar-refractivity contribution is 5.83. The molecule has 0 saturated heterocycles. The van der Waals surface area contributed by atoms with Crippen LogP contribution in [0.3, 0.4) is 0 Å². The standard InChI is InChI=1S/C45H61N3O7/c1-5-6-7-8-26-16-30-18-35(51)31(15-24(2)3)17-32(30)42-39(53-4)21-37-33(41(26)42)20-36(52)43(54-37)27-13-14-34(50)38(19-27)55-44-25-9-11-28(22-48-45(46)47)40(44)29(23-49)12-10-25/h13-14,17-19,21,24-26,28-29,36,40,43-44,49-52H,5-12,15-16,20,22-23H2,1-4H3,(H4,46,47,48). The van der Waals surface area contributed by atoms with Crippen LogP contribution in [0.25, 0.3) is 11.1 Å². The van der Waals surface area contributed by atoms with Crippen molar-refractivity contribution in [3.8, 4) is 39.9 Å². The number of benzene rings is 3. The Morgan fingerprint density at radius 1 is 0.964 bits per heavy atom. The Balaban J connectivity index is 1.23. The summed E-state index contributed by atoms with van der Waals surface area (Å²) in [6.45, 7) is 7.07. The number of rotatable bonds is 13. The van der Waals surface area contributed by atoms with Crippen LogP contribution < -0.4 is 25.7 Å². The van der Waals surface area contributed by atoms with E-state index in [0.29, 0.717) is 41.7 Å². The molecular weight excluding hydrogens is 695 g/mol.